The van der Waals surface area contributed by atoms with Gasteiger partial charge in [-0.3, -0.25) is 14.4 Å². The molecule has 1 aromatic carbocycles. The van der Waals surface area contributed by atoms with Crippen molar-refractivity contribution < 1.29 is 27.5 Å². The first-order valence-electron chi connectivity index (χ1n) is 14.2. The molecular formula is C30H32ClN7O6S2. The van der Waals surface area contributed by atoms with Crippen molar-refractivity contribution in [3.05, 3.63) is 77.0 Å². The van der Waals surface area contributed by atoms with Crippen LogP contribution in [0.1, 0.15) is 23.2 Å². The summed E-state index contributed by atoms with van der Waals surface area (Å²) in [5.74, 6) is -0.889. The maximum absolute atomic E-state index is 14.2. The van der Waals surface area contributed by atoms with Crippen LogP contribution in [0.3, 0.4) is 0 Å². The first-order valence-corrected chi connectivity index (χ1v) is 16.8. The number of piperazine rings is 1. The Labute approximate surface area is 275 Å². The lowest BCUT2D eigenvalue weighted by Gasteiger charge is -2.46. The van der Waals surface area contributed by atoms with Gasteiger partial charge in [-0.1, -0.05) is 17.7 Å². The molecule has 242 valence electrons. The molecule has 0 saturated carbocycles. The van der Waals surface area contributed by atoms with Crippen LogP contribution in [0, 0.1) is 5.21 Å². The Morgan fingerprint density at radius 1 is 0.957 bits per heavy atom. The summed E-state index contributed by atoms with van der Waals surface area (Å²) in [5, 5.41) is 12.6. The number of fused-ring (bicyclic) bond motifs is 1. The van der Waals surface area contributed by atoms with E-state index in [1.54, 1.807) is 64.6 Å². The van der Waals surface area contributed by atoms with Gasteiger partial charge in [0.1, 0.15) is 4.21 Å². The number of pyridine rings is 1. The van der Waals surface area contributed by atoms with E-state index in [1.807, 2.05) is 0 Å². The highest BCUT2D eigenvalue weighted by atomic mass is 35.5. The number of carbonyl (C=O) groups excluding carboxylic acids is 3. The van der Waals surface area contributed by atoms with Crippen LogP contribution in [0.2, 0.25) is 5.02 Å². The molecule has 1 aliphatic heterocycles. The van der Waals surface area contributed by atoms with Crippen LogP contribution < -0.4 is 4.73 Å². The Balaban J connectivity index is 1.53. The fraction of sp³-hybridized carbons (Fsp3) is 0.333. The Hall–Kier alpha value is -4.18. The van der Waals surface area contributed by atoms with Gasteiger partial charge in [0, 0.05) is 93.9 Å². The minimum absolute atomic E-state index is 0.0901. The Morgan fingerprint density at radius 3 is 2.07 bits per heavy atom. The zero-order valence-electron chi connectivity index (χ0n) is 25.5. The van der Waals surface area contributed by atoms with E-state index < -0.39 is 28.0 Å². The van der Waals surface area contributed by atoms with Gasteiger partial charge >= 0.3 is 0 Å². The molecule has 4 heterocycles. The molecule has 16 heteroatoms. The number of rotatable bonds is 8. The highest BCUT2D eigenvalue weighted by Gasteiger charge is 2.44. The van der Waals surface area contributed by atoms with E-state index in [9.17, 15) is 28.0 Å². The van der Waals surface area contributed by atoms with Gasteiger partial charge in [-0.2, -0.15) is 9.04 Å². The molecule has 2 atom stereocenters. The molecule has 3 amide bonds. The highest BCUT2D eigenvalue weighted by molar-refractivity contribution is 7.91. The number of benzene rings is 1. The second kappa shape index (κ2) is 13.3. The minimum atomic E-state index is -4.10. The van der Waals surface area contributed by atoms with Gasteiger partial charge in [-0.25, -0.2) is 18.4 Å². The van der Waals surface area contributed by atoms with Crippen molar-refractivity contribution in [1.29, 1.82) is 0 Å². The number of halogens is 1. The fourth-order valence-corrected chi connectivity index (χ4v) is 8.52. The number of amides is 3. The lowest BCUT2D eigenvalue weighted by Crippen LogP contribution is -2.63. The van der Waals surface area contributed by atoms with Gasteiger partial charge in [0.15, 0.2) is 18.2 Å². The van der Waals surface area contributed by atoms with Gasteiger partial charge in [0.2, 0.25) is 11.8 Å². The van der Waals surface area contributed by atoms with E-state index in [1.165, 1.54) is 43.8 Å². The van der Waals surface area contributed by atoms with Crippen LogP contribution in [0.4, 0.5) is 0 Å². The predicted octanol–water partition coefficient (Wildman–Crippen LogP) is 2.49. The molecule has 2 unspecified atom stereocenters. The van der Waals surface area contributed by atoms with Crippen molar-refractivity contribution in [1.82, 2.24) is 29.0 Å². The van der Waals surface area contributed by atoms with Crippen molar-refractivity contribution in [3.63, 3.8) is 0 Å². The fourth-order valence-electron chi connectivity index (χ4n) is 5.17. The molecule has 0 N–H and O–H groups in total. The third kappa shape index (κ3) is 6.97. The molecule has 0 spiro atoms. The number of nitrogens with zero attached hydrogens (tertiary/aromatic N) is 7. The van der Waals surface area contributed by atoms with Crippen LogP contribution in [0.5, 0.6) is 0 Å². The summed E-state index contributed by atoms with van der Waals surface area (Å²) < 4.78 is 30.8. The average molecular weight is 686 g/mol. The van der Waals surface area contributed by atoms with Gasteiger partial charge in [0.25, 0.3) is 15.9 Å². The van der Waals surface area contributed by atoms with E-state index in [-0.39, 0.29) is 53.3 Å². The van der Waals surface area contributed by atoms with Crippen LogP contribution >= 0.6 is 22.9 Å². The van der Waals surface area contributed by atoms with Crippen LogP contribution in [-0.2, 0) is 19.6 Å². The Morgan fingerprint density at radius 2 is 1.52 bits per heavy atom. The molecule has 13 nitrogen and oxygen atoms in total. The normalized spacial score (nSPS) is 17.2. The molecule has 1 fully saturated rings. The van der Waals surface area contributed by atoms with Gasteiger partial charge in [-0.15, -0.1) is 11.3 Å². The summed E-state index contributed by atoms with van der Waals surface area (Å²) in [6, 6.07) is 7.96. The zero-order chi connectivity index (χ0) is 33.3. The summed E-state index contributed by atoms with van der Waals surface area (Å²) in [6.45, 7) is -0.346. The third-order valence-electron chi connectivity index (χ3n) is 7.68. The third-order valence-corrected chi connectivity index (χ3v) is 11.3. The van der Waals surface area contributed by atoms with E-state index in [0.717, 1.165) is 11.3 Å². The van der Waals surface area contributed by atoms with Crippen LogP contribution in [0.15, 0.2) is 65.4 Å². The zero-order valence-corrected chi connectivity index (χ0v) is 27.9. The molecule has 4 aromatic rings. The largest absolute Gasteiger partial charge is 0.619 e. The summed E-state index contributed by atoms with van der Waals surface area (Å²) >= 11 is 7.21. The molecule has 3 aromatic heterocycles. The molecule has 1 aliphatic rings. The lowest BCUT2D eigenvalue weighted by molar-refractivity contribution is -0.605. The molecule has 5 rings (SSSR count). The van der Waals surface area contributed by atoms with Crippen molar-refractivity contribution in [2.24, 2.45) is 0 Å². The second-order valence-electron chi connectivity index (χ2n) is 11.3. The summed E-state index contributed by atoms with van der Waals surface area (Å²) in [4.78, 5) is 53.0. The quantitative estimate of drug-likeness (QED) is 0.203. The first kappa shape index (κ1) is 33.2. The summed E-state index contributed by atoms with van der Waals surface area (Å²) in [5.41, 5.74) is 0.665. The van der Waals surface area contributed by atoms with Crippen molar-refractivity contribution >= 4 is 60.8 Å². The van der Waals surface area contributed by atoms with Crippen molar-refractivity contribution in [2.45, 2.75) is 29.1 Å². The molecular weight excluding hydrogens is 654 g/mol. The smallest absolute Gasteiger partial charge is 0.257 e. The van der Waals surface area contributed by atoms with E-state index in [0.29, 0.717) is 25.4 Å². The van der Waals surface area contributed by atoms with Crippen LogP contribution in [-0.4, -0.2) is 108 Å². The molecule has 0 radical (unpaired) electrons. The number of hydrogen-bond donors (Lipinski definition) is 0. The average Bonchev–Trinajstić information content (AvgIpc) is 3.45. The Kier molecular flexibility index (Phi) is 9.58. The predicted molar refractivity (Wildman–Crippen MR) is 172 cm³/mol. The van der Waals surface area contributed by atoms with Crippen molar-refractivity contribution in [2.75, 3.05) is 41.3 Å². The molecule has 46 heavy (non-hydrogen) atoms. The highest BCUT2D eigenvalue weighted by Crippen LogP contribution is 2.35. The van der Waals surface area contributed by atoms with E-state index >= 15 is 0 Å². The van der Waals surface area contributed by atoms with Gasteiger partial charge < -0.3 is 19.9 Å². The second-order valence-corrected chi connectivity index (χ2v) is 15.0. The SMILES string of the molecule is CN(C)C(=O)CC1CN(S(=O)(=O)c2cc3ccc(Cl)cc3s2)CC(CC(=O)N(C)C)N1C(=O)c1cnc(-c2cc[n+]([O-])cc2)nc1. The number of sulfonamides is 1. The minimum Gasteiger partial charge on any atom is -0.619 e. The molecule has 1 saturated heterocycles. The maximum Gasteiger partial charge on any atom is 0.257 e. The topological polar surface area (TPSA) is 151 Å². The van der Waals surface area contributed by atoms with Gasteiger partial charge in [0.05, 0.1) is 17.6 Å². The van der Waals surface area contributed by atoms with Gasteiger partial charge in [-0.05, 0) is 23.6 Å². The standard InChI is InChI=1S/C30H32ClN7O6S2/c1-34(2)26(39)13-23-17-37(46(43,44)28-11-20-5-6-22(31)12-25(20)45-28)18-24(14-27(40)35(3)4)38(23)30(41)21-15-32-29(33-16-21)19-7-9-36(42)10-8-19/h5-12,15-16,23-24H,13-14,17-18H2,1-4H3. The lowest BCUT2D eigenvalue weighted by atomic mass is 10.00. The first-order chi connectivity index (χ1) is 21.7. The summed E-state index contributed by atoms with van der Waals surface area (Å²) in [7, 11) is 2.20. The Bertz CT molecular complexity index is 1850. The number of aromatic nitrogens is 3. The van der Waals surface area contributed by atoms with Crippen molar-refractivity contribution in [3.8, 4) is 11.4 Å². The van der Waals surface area contributed by atoms with E-state index in [4.69, 9.17) is 11.6 Å². The molecule has 0 aliphatic carbocycles. The number of carbonyl (C=O) groups is 3. The number of hydrogen-bond acceptors (Lipinski definition) is 9. The molecule has 0 bridgehead atoms. The van der Waals surface area contributed by atoms with Crippen LogP contribution in [0.25, 0.3) is 21.5 Å². The monoisotopic (exact) mass is 685 g/mol. The summed E-state index contributed by atoms with van der Waals surface area (Å²) in [6.07, 6.45) is 4.92. The maximum atomic E-state index is 14.2. The number of thiophene rings is 1. The van der Waals surface area contributed by atoms with E-state index in [2.05, 4.69) is 9.97 Å².